The van der Waals surface area contributed by atoms with Gasteiger partial charge in [0.05, 0.1) is 20.3 Å². The van der Waals surface area contributed by atoms with E-state index in [4.69, 9.17) is 14.2 Å². The highest BCUT2D eigenvalue weighted by Gasteiger charge is 2.30. The highest BCUT2D eigenvalue weighted by Crippen LogP contribution is 2.36. The van der Waals surface area contributed by atoms with Gasteiger partial charge in [-0.1, -0.05) is 6.07 Å². The van der Waals surface area contributed by atoms with Crippen molar-refractivity contribution in [3.63, 3.8) is 0 Å². The normalized spacial score (nSPS) is 18.1. The molecule has 0 radical (unpaired) electrons. The van der Waals surface area contributed by atoms with Crippen LogP contribution in [0, 0.1) is 0 Å². The fourth-order valence-corrected chi connectivity index (χ4v) is 2.68. The third kappa shape index (κ3) is 2.88. The van der Waals surface area contributed by atoms with Gasteiger partial charge in [0, 0.05) is 13.7 Å². The van der Waals surface area contributed by atoms with E-state index in [0.29, 0.717) is 11.5 Å². The molecule has 0 aromatic heterocycles. The molecule has 1 heterocycles. The minimum Gasteiger partial charge on any atom is -0.493 e. The zero-order valence-electron chi connectivity index (χ0n) is 12.2. The summed E-state index contributed by atoms with van der Waals surface area (Å²) in [5.41, 5.74) is 1.07. The van der Waals surface area contributed by atoms with Crippen molar-refractivity contribution in [1.29, 1.82) is 0 Å². The smallest absolute Gasteiger partial charge is 0.249 e. The fourth-order valence-electron chi connectivity index (χ4n) is 2.68. The third-order valence-corrected chi connectivity index (χ3v) is 3.63. The number of carbonyl (C=O) groups is 1. The number of benzene rings is 1. The molecule has 0 N–H and O–H groups in total. The van der Waals surface area contributed by atoms with E-state index in [2.05, 4.69) is 0 Å². The van der Waals surface area contributed by atoms with Gasteiger partial charge in [-0.2, -0.15) is 0 Å². The number of nitrogens with zero attached hydrogens (tertiary/aromatic N) is 1. The predicted octanol–water partition coefficient (Wildman–Crippen LogP) is 2.01. The molecule has 1 fully saturated rings. The van der Waals surface area contributed by atoms with Gasteiger partial charge in [0.15, 0.2) is 11.5 Å². The summed E-state index contributed by atoms with van der Waals surface area (Å²) in [6.45, 7) is 0.908. The average molecular weight is 279 g/mol. The van der Waals surface area contributed by atoms with Gasteiger partial charge in [-0.3, -0.25) is 4.79 Å². The molecule has 1 unspecified atom stereocenters. The van der Waals surface area contributed by atoms with Crippen LogP contribution in [0.4, 0.5) is 0 Å². The van der Waals surface area contributed by atoms with Crippen molar-refractivity contribution < 1.29 is 19.0 Å². The van der Waals surface area contributed by atoms with E-state index in [0.717, 1.165) is 24.9 Å². The van der Waals surface area contributed by atoms with Crippen molar-refractivity contribution in [1.82, 2.24) is 4.90 Å². The molecular weight excluding hydrogens is 258 g/mol. The van der Waals surface area contributed by atoms with Crippen LogP contribution in [0.5, 0.6) is 11.5 Å². The summed E-state index contributed by atoms with van der Waals surface area (Å²) in [5, 5.41) is 0. The highest BCUT2D eigenvalue weighted by molar-refractivity contribution is 5.78. The van der Waals surface area contributed by atoms with Crippen LogP contribution in [0.15, 0.2) is 18.2 Å². The number of amides is 1. The number of ether oxygens (including phenoxy) is 3. The van der Waals surface area contributed by atoms with Gasteiger partial charge >= 0.3 is 0 Å². The van der Waals surface area contributed by atoms with Crippen molar-refractivity contribution in [3.8, 4) is 11.5 Å². The molecule has 1 aromatic rings. The molecule has 5 heteroatoms. The standard InChI is InChI=1S/C15H21NO4/c1-18-10-15(17)16-8-4-5-12(16)11-6-7-13(19-2)14(9-11)20-3/h6-7,9,12H,4-5,8,10H2,1-3H3. The lowest BCUT2D eigenvalue weighted by Crippen LogP contribution is -2.33. The molecule has 1 aromatic carbocycles. The molecule has 1 saturated heterocycles. The van der Waals surface area contributed by atoms with Crippen LogP contribution in [0.3, 0.4) is 0 Å². The Morgan fingerprint density at radius 1 is 1.25 bits per heavy atom. The Kier molecular flexibility index (Phi) is 4.84. The lowest BCUT2D eigenvalue weighted by molar-refractivity contribution is -0.136. The minimum atomic E-state index is 0.0322. The average Bonchev–Trinajstić information content (AvgIpc) is 2.96. The van der Waals surface area contributed by atoms with Crippen molar-refractivity contribution in [2.45, 2.75) is 18.9 Å². The summed E-state index contributed by atoms with van der Waals surface area (Å²) in [4.78, 5) is 13.9. The molecule has 0 bridgehead atoms. The number of hydrogen-bond acceptors (Lipinski definition) is 4. The van der Waals surface area contributed by atoms with Gasteiger partial charge in [0.2, 0.25) is 5.91 Å². The lowest BCUT2D eigenvalue weighted by Gasteiger charge is -2.25. The molecule has 20 heavy (non-hydrogen) atoms. The summed E-state index contributed by atoms with van der Waals surface area (Å²) in [7, 11) is 4.77. The van der Waals surface area contributed by atoms with Crippen molar-refractivity contribution in [2.24, 2.45) is 0 Å². The van der Waals surface area contributed by atoms with E-state index in [-0.39, 0.29) is 18.6 Å². The van der Waals surface area contributed by atoms with Crippen LogP contribution in [0.2, 0.25) is 0 Å². The molecule has 1 amide bonds. The monoisotopic (exact) mass is 279 g/mol. The van der Waals surface area contributed by atoms with Crippen LogP contribution in [-0.4, -0.2) is 45.3 Å². The maximum atomic E-state index is 12.1. The van der Waals surface area contributed by atoms with Crippen LogP contribution < -0.4 is 9.47 Å². The zero-order valence-corrected chi connectivity index (χ0v) is 12.2. The Hall–Kier alpha value is -1.75. The summed E-state index contributed by atoms with van der Waals surface area (Å²) in [6, 6.07) is 5.91. The zero-order chi connectivity index (χ0) is 14.5. The van der Waals surface area contributed by atoms with Gasteiger partial charge in [0.1, 0.15) is 6.61 Å². The van der Waals surface area contributed by atoms with Crippen LogP contribution in [0.1, 0.15) is 24.4 Å². The van der Waals surface area contributed by atoms with Crippen LogP contribution in [-0.2, 0) is 9.53 Å². The molecule has 0 aliphatic carbocycles. The number of methoxy groups -OCH3 is 3. The van der Waals surface area contributed by atoms with E-state index in [1.54, 1.807) is 21.3 Å². The first-order valence-corrected chi connectivity index (χ1v) is 6.71. The molecule has 0 spiro atoms. The fraction of sp³-hybridized carbons (Fsp3) is 0.533. The molecular formula is C15H21NO4. The summed E-state index contributed by atoms with van der Waals surface area (Å²) >= 11 is 0. The van der Waals surface area contributed by atoms with Crippen molar-refractivity contribution in [2.75, 3.05) is 34.5 Å². The Morgan fingerprint density at radius 3 is 2.65 bits per heavy atom. The van der Waals surface area contributed by atoms with E-state index < -0.39 is 0 Å². The predicted molar refractivity (Wildman–Crippen MR) is 75.1 cm³/mol. The largest absolute Gasteiger partial charge is 0.493 e. The van der Waals surface area contributed by atoms with Gasteiger partial charge < -0.3 is 19.1 Å². The Labute approximate surface area is 119 Å². The van der Waals surface area contributed by atoms with E-state index in [1.165, 1.54) is 0 Å². The minimum absolute atomic E-state index is 0.0322. The maximum absolute atomic E-state index is 12.1. The van der Waals surface area contributed by atoms with Crippen LogP contribution in [0.25, 0.3) is 0 Å². The molecule has 5 nitrogen and oxygen atoms in total. The van der Waals surface area contributed by atoms with Gasteiger partial charge in [-0.15, -0.1) is 0 Å². The first-order chi connectivity index (χ1) is 9.71. The first kappa shape index (κ1) is 14.7. The Bertz CT molecular complexity index is 475. The second-order valence-electron chi connectivity index (χ2n) is 4.79. The molecule has 1 atom stereocenters. The molecule has 110 valence electrons. The second-order valence-corrected chi connectivity index (χ2v) is 4.79. The van der Waals surface area contributed by atoms with Gasteiger partial charge in [-0.25, -0.2) is 0 Å². The number of rotatable bonds is 5. The SMILES string of the molecule is COCC(=O)N1CCCC1c1ccc(OC)c(OC)c1. The maximum Gasteiger partial charge on any atom is 0.249 e. The van der Waals surface area contributed by atoms with Gasteiger partial charge in [-0.05, 0) is 30.5 Å². The van der Waals surface area contributed by atoms with Crippen molar-refractivity contribution >= 4 is 5.91 Å². The number of carbonyl (C=O) groups excluding carboxylic acids is 1. The Balaban J connectivity index is 2.23. The number of hydrogen-bond donors (Lipinski definition) is 0. The molecule has 1 aliphatic heterocycles. The van der Waals surface area contributed by atoms with E-state index in [9.17, 15) is 4.79 Å². The third-order valence-electron chi connectivity index (χ3n) is 3.63. The molecule has 1 aliphatic rings. The summed E-state index contributed by atoms with van der Waals surface area (Å²) in [6.07, 6.45) is 1.97. The van der Waals surface area contributed by atoms with E-state index in [1.807, 2.05) is 23.1 Å². The number of likely N-dealkylation sites (tertiary alicyclic amines) is 1. The highest BCUT2D eigenvalue weighted by atomic mass is 16.5. The summed E-state index contributed by atoms with van der Waals surface area (Å²) in [5.74, 6) is 1.42. The van der Waals surface area contributed by atoms with E-state index >= 15 is 0 Å². The molecule has 2 rings (SSSR count). The second kappa shape index (κ2) is 6.61. The van der Waals surface area contributed by atoms with Gasteiger partial charge in [0.25, 0.3) is 0 Å². The quantitative estimate of drug-likeness (QED) is 0.827. The molecule has 0 saturated carbocycles. The Morgan fingerprint density at radius 2 is 2.00 bits per heavy atom. The lowest BCUT2D eigenvalue weighted by atomic mass is 10.0. The van der Waals surface area contributed by atoms with Crippen LogP contribution >= 0.6 is 0 Å². The summed E-state index contributed by atoms with van der Waals surface area (Å²) < 4.78 is 15.5. The first-order valence-electron chi connectivity index (χ1n) is 6.71. The van der Waals surface area contributed by atoms with Crippen molar-refractivity contribution in [3.05, 3.63) is 23.8 Å². The topological polar surface area (TPSA) is 48.0 Å².